The summed E-state index contributed by atoms with van der Waals surface area (Å²) in [5.41, 5.74) is 1.27. The molecule has 3 heteroatoms. The van der Waals surface area contributed by atoms with Crippen molar-refractivity contribution in [1.82, 2.24) is 5.32 Å². The molecule has 0 spiro atoms. The second-order valence-corrected chi connectivity index (χ2v) is 6.49. The summed E-state index contributed by atoms with van der Waals surface area (Å²) in [6.07, 6.45) is 1.97. The van der Waals surface area contributed by atoms with Crippen molar-refractivity contribution < 1.29 is 9.84 Å². The normalized spacial score (nSPS) is 14.9. The topological polar surface area (TPSA) is 41.5 Å². The van der Waals surface area contributed by atoms with E-state index < -0.39 is 0 Å². The number of benzene rings is 1. The summed E-state index contributed by atoms with van der Waals surface area (Å²) >= 11 is 0. The number of hydrogen-bond acceptors (Lipinski definition) is 3. The van der Waals surface area contributed by atoms with Gasteiger partial charge in [0.25, 0.3) is 0 Å². The Morgan fingerprint density at radius 1 is 1.20 bits per heavy atom. The van der Waals surface area contributed by atoms with Gasteiger partial charge in [-0.05, 0) is 51.2 Å². The summed E-state index contributed by atoms with van der Waals surface area (Å²) in [5, 5.41) is 12.9. The van der Waals surface area contributed by atoms with Crippen molar-refractivity contribution in [2.75, 3.05) is 13.7 Å². The van der Waals surface area contributed by atoms with E-state index in [1.165, 1.54) is 5.56 Å². The highest BCUT2D eigenvalue weighted by Gasteiger charge is 2.18. The molecular formula is C17H29NO2. The van der Waals surface area contributed by atoms with Crippen molar-refractivity contribution in [1.29, 1.82) is 0 Å². The zero-order valence-electron chi connectivity index (χ0n) is 13.4. The minimum absolute atomic E-state index is 0.0288. The zero-order valence-corrected chi connectivity index (χ0v) is 13.4. The van der Waals surface area contributed by atoms with Crippen LogP contribution in [0.3, 0.4) is 0 Å². The second kappa shape index (κ2) is 7.65. The van der Waals surface area contributed by atoms with Crippen LogP contribution in [0.15, 0.2) is 24.3 Å². The Bertz CT molecular complexity index is 398. The van der Waals surface area contributed by atoms with Gasteiger partial charge in [0.05, 0.1) is 13.7 Å². The van der Waals surface area contributed by atoms with Crippen molar-refractivity contribution >= 4 is 0 Å². The molecule has 0 aromatic heterocycles. The van der Waals surface area contributed by atoms with Gasteiger partial charge in [-0.2, -0.15) is 0 Å². The third-order valence-electron chi connectivity index (χ3n) is 3.48. The average Bonchev–Trinajstić information content (AvgIpc) is 2.41. The molecule has 2 atom stereocenters. The Hall–Kier alpha value is -1.06. The first-order chi connectivity index (χ1) is 9.37. The predicted molar refractivity (Wildman–Crippen MR) is 84.4 cm³/mol. The lowest BCUT2D eigenvalue weighted by atomic mass is 9.93. The number of hydrogen-bond donors (Lipinski definition) is 2. The third-order valence-corrected chi connectivity index (χ3v) is 3.48. The maximum atomic E-state index is 9.49. The van der Waals surface area contributed by atoms with Crippen LogP contribution >= 0.6 is 0 Å². The molecule has 0 radical (unpaired) electrons. The Morgan fingerprint density at radius 2 is 1.85 bits per heavy atom. The average molecular weight is 279 g/mol. The van der Waals surface area contributed by atoms with E-state index in [9.17, 15) is 5.11 Å². The van der Waals surface area contributed by atoms with Gasteiger partial charge in [0.15, 0.2) is 0 Å². The summed E-state index contributed by atoms with van der Waals surface area (Å²) < 4.78 is 5.42. The van der Waals surface area contributed by atoms with Gasteiger partial charge in [0, 0.05) is 11.6 Å². The fourth-order valence-corrected chi connectivity index (χ4v) is 2.50. The molecule has 0 fully saturated rings. The minimum Gasteiger partial charge on any atom is -0.496 e. The van der Waals surface area contributed by atoms with E-state index in [1.54, 1.807) is 7.11 Å². The van der Waals surface area contributed by atoms with Crippen molar-refractivity contribution in [3.63, 3.8) is 0 Å². The third kappa shape index (κ3) is 5.51. The molecule has 20 heavy (non-hydrogen) atoms. The lowest BCUT2D eigenvalue weighted by Crippen LogP contribution is -2.45. The largest absolute Gasteiger partial charge is 0.496 e. The van der Waals surface area contributed by atoms with Crippen LogP contribution in [-0.2, 0) is 0 Å². The van der Waals surface area contributed by atoms with E-state index in [2.05, 4.69) is 39.1 Å². The van der Waals surface area contributed by atoms with Gasteiger partial charge in [0.2, 0.25) is 0 Å². The molecule has 114 valence electrons. The first kappa shape index (κ1) is 17.0. The smallest absolute Gasteiger partial charge is 0.122 e. The van der Waals surface area contributed by atoms with E-state index in [0.717, 1.165) is 18.6 Å². The molecule has 0 aliphatic heterocycles. The number of aliphatic hydroxyl groups excluding tert-OH is 1. The minimum atomic E-state index is 0.0288. The van der Waals surface area contributed by atoms with Crippen LogP contribution in [0.2, 0.25) is 0 Å². The first-order valence-electron chi connectivity index (χ1n) is 7.39. The number of nitrogens with one attached hydrogen (secondary N) is 1. The predicted octanol–water partition coefficient (Wildman–Crippen LogP) is 3.33. The molecular weight excluding hydrogens is 250 g/mol. The van der Waals surface area contributed by atoms with Gasteiger partial charge in [0.1, 0.15) is 5.75 Å². The fourth-order valence-electron chi connectivity index (χ4n) is 2.50. The van der Waals surface area contributed by atoms with Crippen LogP contribution in [0.5, 0.6) is 5.75 Å². The van der Waals surface area contributed by atoms with Crippen LogP contribution in [0.1, 0.15) is 52.0 Å². The first-order valence-corrected chi connectivity index (χ1v) is 7.39. The Morgan fingerprint density at radius 3 is 2.40 bits per heavy atom. The van der Waals surface area contributed by atoms with Crippen molar-refractivity contribution in [3.05, 3.63) is 29.8 Å². The van der Waals surface area contributed by atoms with Gasteiger partial charge < -0.3 is 15.2 Å². The monoisotopic (exact) mass is 279 g/mol. The van der Waals surface area contributed by atoms with Crippen molar-refractivity contribution in [2.24, 2.45) is 0 Å². The highest BCUT2D eigenvalue weighted by Crippen LogP contribution is 2.29. The van der Waals surface area contributed by atoms with Gasteiger partial charge in [-0.3, -0.25) is 0 Å². The van der Waals surface area contributed by atoms with Crippen LogP contribution < -0.4 is 10.1 Å². The summed E-state index contributed by atoms with van der Waals surface area (Å²) in [4.78, 5) is 0. The molecule has 0 saturated carbocycles. The number of ether oxygens (including phenoxy) is 1. The number of methoxy groups -OCH3 is 1. The maximum Gasteiger partial charge on any atom is 0.122 e. The second-order valence-electron chi connectivity index (χ2n) is 6.49. The lowest BCUT2D eigenvalue weighted by Gasteiger charge is -2.28. The van der Waals surface area contributed by atoms with Crippen LogP contribution in [0.25, 0.3) is 0 Å². The summed E-state index contributed by atoms with van der Waals surface area (Å²) in [6.45, 7) is 8.76. The van der Waals surface area contributed by atoms with E-state index >= 15 is 0 Å². The molecule has 0 heterocycles. The zero-order chi connectivity index (χ0) is 15.2. The molecule has 1 aromatic rings. The van der Waals surface area contributed by atoms with Gasteiger partial charge in [-0.1, -0.05) is 25.1 Å². The van der Waals surface area contributed by atoms with Crippen LogP contribution in [0.4, 0.5) is 0 Å². The standard InChI is InChI=1S/C17H29NO2/c1-13(15-8-6-7-9-16(15)20-5)10-11-14(12-19)18-17(2,3)4/h6-9,13-14,18-19H,10-12H2,1-5H3/t13-,14-/m1/s1. The molecule has 1 aromatic carbocycles. The molecule has 0 aliphatic carbocycles. The SMILES string of the molecule is COc1ccccc1[C@H](C)CC[C@H](CO)NC(C)(C)C. The van der Waals surface area contributed by atoms with Crippen molar-refractivity contribution in [3.8, 4) is 5.75 Å². The summed E-state index contributed by atoms with van der Waals surface area (Å²) in [7, 11) is 1.71. The quantitative estimate of drug-likeness (QED) is 0.804. The molecule has 3 nitrogen and oxygen atoms in total. The molecule has 0 bridgehead atoms. The fraction of sp³-hybridized carbons (Fsp3) is 0.647. The van der Waals surface area contributed by atoms with Gasteiger partial charge in [-0.15, -0.1) is 0 Å². The molecule has 0 unspecified atom stereocenters. The maximum absolute atomic E-state index is 9.49. The van der Waals surface area contributed by atoms with E-state index in [4.69, 9.17) is 4.74 Å². The molecule has 1 rings (SSSR count). The van der Waals surface area contributed by atoms with Crippen molar-refractivity contribution in [2.45, 2.75) is 58.0 Å². The van der Waals surface area contributed by atoms with Crippen LogP contribution in [-0.4, -0.2) is 30.4 Å². The Labute approximate surface area is 123 Å². The van der Waals surface area contributed by atoms with Gasteiger partial charge >= 0.3 is 0 Å². The number of rotatable bonds is 7. The van der Waals surface area contributed by atoms with Gasteiger partial charge in [-0.25, -0.2) is 0 Å². The molecule has 0 saturated heterocycles. The molecule has 2 N–H and O–H groups in total. The lowest BCUT2D eigenvalue weighted by molar-refractivity contribution is 0.205. The number of para-hydroxylation sites is 1. The van der Waals surface area contributed by atoms with E-state index in [0.29, 0.717) is 5.92 Å². The molecule has 0 amide bonds. The number of aliphatic hydroxyl groups is 1. The van der Waals surface area contributed by atoms with E-state index in [-0.39, 0.29) is 18.2 Å². The Balaban J connectivity index is 2.59. The van der Waals surface area contributed by atoms with E-state index in [1.807, 2.05) is 18.2 Å². The molecule has 0 aliphatic rings. The highest BCUT2D eigenvalue weighted by atomic mass is 16.5. The highest BCUT2D eigenvalue weighted by molar-refractivity contribution is 5.35. The summed E-state index contributed by atoms with van der Waals surface area (Å²) in [6, 6.07) is 8.31. The Kier molecular flexibility index (Phi) is 6.50. The van der Waals surface area contributed by atoms with Crippen LogP contribution in [0, 0.1) is 0 Å². The summed E-state index contributed by atoms with van der Waals surface area (Å²) in [5.74, 6) is 1.37.